The minimum Gasteiger partial charge on any atom is -0.396 e. The molecule has 31 heavy (non-hydrogen) atoms. The fraction of sp³-hybridized carbons (Fsp3) is 0.808. The number of carbonyl (C=O) groups is 1. The lowest BCUT2D eigenvalue weighted by atomic mass is 9.89. The zero-order valence-electron chi connectivity index (χ0n) is 20.1. The van der Waals surface area contributed by atoms with Gasteiger partial charge in [0.1, 0.15) is 0 Å². The smallest absolute Gasteiger partial charge is 0.220 e. The van der Waals surface area contributed by atoms with Crippen molar-refractivity contribution in [3.05, 3.63) is 24.3 Å². The Morgan fingerprint density at radius 1 is 1.10 bits per heavy atom. The van der Waals surface area contributed by atoms with E-state index in [1.54, 1.807) is 0 Å². The van der Waals surface area contributed by atoms with Crippen molar-refractivity contribution in [2.45, 2.75) is 110 Å². The maximum atomic E-state index is 11.7. The molecule has 0 saturated heterocycles. The molecule has 1 rings (SSSR count). The molecule has 3 N–H and O–H groups in total. The van der Waals surface area contributed by atoms with E-state index < -0.39 is 0 Å². The third-order valence-electron chi connectivity index (χ3n) is 5.86. The molecule has 1 fully saturated rings. The Balaban J connectivity index is 2.48. The van der Waals surface area contributed by atoms with Gasteiger partial charge in [0.2, 0.25) is 5.91 Å². The minimum absolute atomic E-state index is 0.0960. The minimum atomic E-state index is -0.331. The van der Waals surface area contributed by atoms with Crippen LogP contribution < -0.4 is 5.32 Å². The van der Waals surface area contributed by atoms with Crippen molar-refractivity contribution in [2.75, 3.05) is 13.2 Å². The van der Waals surface area contributed by atoms with Crippen LogP contribution in [-0.4, -0.2) is 47.6 Å². The van der Waals surface area contributed by atoms with Gasteiger partial charge in [-0.2, -0.15) is 0 Å². The van der Waals surface area contributed by atoms with E-state index in [0.29, 0.717) is 12.8 Å². The Morgan fingerprint density at radius 3 is 2.55 bits per heavy atom. The summed E-state index contributed by atoms with van der Waals surface area (Å²) in [5.41, 5.74) is 0. The molecule has 0 spiro atoms. The van der Waals surface area contributed by atoms with Gasteiger partial charge in [0.05, 0.1) is 12.2 Å². The molecule has 180 valence electrons. The van der Waals surface area contributed by atoms with E-state index in [1.807, 2.05) is 13.8 Å². The average molecular weight is 438 g/mol. The van der Waals surface area contributed by atoms with Crippen molar-refractivity contribution in [3.8, 4) is 0 Å². The van der Waals surface area contributed by atoms with Gasteiger partial charge in [0.15, 0.2) is 0 Å². The highest BCUT2D eigenvalue weighted by molar-refractivity contribution is 5.76. The molecule has 1 unspecified atom stereocenters. The van der Waals surface area contributed by atoms with Crippen LogP contribution in [0.25, 0.3) is 0 Å². The molecule has 0 aromatic heterocycles. The lowest BCUT2D eigenvalue weighted by Gasteiger charge is -2.22. The Morgan fingerprint density at radius 2 is 1.84 bits per heavy atom. The first-order valence-electron chi connectivity index (χ1n) is 12.5. The topological polar surface area (TPSA) is 78.8 Å². The van der Waals surface area contributed by atoms with E-state index in [2.05, 4.69) is 36.5 Å². The molecule has 5 nitrogen and oxygen atoms in total. The summed E-state index contributed by atoms with van der Waals surface area (Å²) in [5.74, 6) is 0.556. The van der Waals surface area contributed by atoms with Crippen molar-refractivity contribution in [2.24, 2.45) is 11.8 Å². The zero-order valence-corrected chi connectivity index (χ0v) is 20.1. The molecule has 0 aromatic rings. The summed E-state index contributed by atoms with van der Waals surface area (Å²) < 4.78 is 6.07. The van der Waals surface area contributed by atoms with Crippen LogP contribution in [0.3, 0.4) is 0 Å². The van der Waals surface area contributed by atoms with E-state index in [0.717, 1.165) is 64.4 Å². The molecule has 1 aliphatic rings. The Labute approximate surface area is 190 Å². The molecule has 1 saturated carbocycles. The van der Waals surface area contributed by atoms with Crippen molar-refractivity contribution in [3.63, 3.8) is 0 Å². The number of unbranched alkanes of at least 4 members (excludes halogenated alkanes) is 5. The number of nitrogens with one attached hydrogen (secondary N) is 1. The van der Waals surface area contributed by atoms with Crippen molar-refractivity contribution < 1.29 is 19.7 Å². The van der Waals surface area contributed by atoms with Crippen LogP contribution in [0.4, 0.5) is 0 Å². The van der Waals surface area contributed by atoms with E-state index in [1.165, 1.54) is 0 Å². The number of rotatable bonds is 17. The van der Waals surface area contributed by atoms with Gasteiger partial charge in [-0.1, -0.05) is 44.1 Å². The fourth-order valence-electron chi connectivity index (χ4n) is 4.26. The predicted octanol–water partition coefficient (Wildman–Crippen LogP) is 4.92. The fourth-order valence-corrected chi connectivity index (χ4v) is 4.26. The van der Waals surface area contributed by atoms with E-state index >= 15 is 0 Å². The number of aliphatic hydroxyl groups excluding tert-OH is 2. The lowest BCUT2D eigenvalue weighted by molar-refractivity contribution is -0.121. The summed E-state index contributed by atoms with van der Waals surface area (Å²) in [7, 11) is 0. The standard InChI is InChI=1S/C26H47NO4/c1-4-19-31-25-20-24(29)22(23(25)16-12-7-5-6-10-14-18-28)15-11-8-9-13-17-26(30)27-21(2)3/h8,11-12,16,21-25,28-29H,4-7,9-10,13-15,17-20H2,1-3H3,(H,27,30)/t22?,23-,24+,25-/m1/s1. The molecule has 0 aliphatic heterocycles. The summed E-state index contributed by atoms with van der Waals surface area (Å²) in [6, 6.07) is 0.195. The Kier molecular flexibility index (Phi) is 15.6. The van der Waals surface area contributed by atoms with Crippen LogP contribution >= 0.6 is 0 Å². The van der Waals surface area contributed by atoms with Crippen molar-refractivity contribution >= 4 is 5.91 Å². The third-order valence-corrected chi connectivity index (χ3v) is 5.86. The second-order valence-corrected chi connectivity index (χ2v) is 9.13. The Bertz CT molecular complexity index is 518. The predicted molar refractivity (Wildman–Crippen MR) is 128 cm³/mol. The molecule has 0 heterocycles. The Hall–Kier alpha value is -1.17. The van der Waals surface area contributed by atoms with Crippen molar-refractivity contribution in [1.82, 2.24) is 5.32 Å². The molecule has 0 aromatic carbocycles. The van der Waals surface area contributed by atoms with Crippen LogP contribution in [0, 0.1) is 11.8 Å². The number of ether oxygens (including phenoxy) is 1. The van der Waals surface area contributed by atoms with Crippen LogP contribution in [0.15, 0.2) is 24.3 Å². The van der Waals surface area contributed by atoms with Gasteiger partial charge in [-0.15, -0.1) is 0 Å². The maximum absolute atomic E-state index is 11.7. The SMILES string of the molecule is CCCO[C@@H]1C[C@H](O)C(CC=CCCCC(=O)NC(C)C)[C@H]1C=CCCCCCCO. The van der Waals surface area contributed by atoms with Crippen molar-refractivity contribution in [1.29, 1.82) is 0 Å². The number of aliphatic hydroxyl groups is 2. The molecule has 5 heteroatoms. The van der Waals surface area contributed by atoms with E-state index in [-0.39, 0.29) is 42.6 Å². The zero-order chi connectivity index (χ0) is 22.9. The van der Waals surface area contributed by atoms with Gasteiger partial charge in [-0.25, -0.2) is 0 Å². The molecule has 1 aliphatic carbocycles. The van der Waals surface area contributed by atoms with Gasteiger partial charge in [-0.05, 0) is 64.7 Å². The first-order valence-corrected chi connectivity index (χ1v) is 12.5. The molecule has 4 atom stereocenters. The molecular weight excluding hydrogens is 390 g/mol. The molecular formula is C26H47NO4. The highest BCUT2D eigenvalue weighted by atomic mass is 16.5. The summed E-state index contributed by atoms with van der Waals surface area (Å²) in [6.07, 6.45) is 18.8. The number of amides is 1. The van der Waals surface area contributed by atoms with E-state index in [9.17, 15) is 9.90 Å². The van der Waals surface area contributed by atoms with Crippen LogP contribution in [-0.2, 0) is 9.53 Å². The summed E-state index contributed by atoms with van der Waals surface area (Å²) in [5, 5.41) is 22.5. The second kappa shape index (κ2) is 17.4. The number of hydrogen-bond donors (Lipinski definition) is 3. The van der Waals surface area contributed by atoms with Gasteiger partial charge in [0, 0.05) is 38.0 Å². The summed E-state index contributed by atoms with van der Waals surface area (Å²) in [6.45, 7) is 7.09. The molecule has 1 amide bonds. The van der Waals surface area contributed by atoms with Crippen LogP contribution in [0.1, 0.15) is 91.4 Å². The van der Waals surface area contributed by atoms with Gasteiger partial charge < -0.3 is 20.3 Å². The molecule has 0 radical (unpaired) electrons. The first kappa shape index (κ1) is 27.9. The second-order valence-electron chi connectivity index (χ2n) is 9.13. The number of hydrogen-bond acceptors (Lipinski definition) is 4. The van der Waals surface area contributed by atoms with Gasteiger partial charge in [0.25, 0.3) is 0 Å². The van der Waals surface area contributed by atoms with Crippen LogP contribution in [0.2, 0.25) is 0 Å². The average Bonchev–Trinajstić information content (AvgIpc) is 3.02. The quantitative estimate of drug-likeness (QED) is 0.223. The van der Waals surface area contributed by atoms with Gasteiger partial charge in [-0.3, -0.25) is 4.79 Å². The van der Waals surface area contributed by atoms with Gasteiger partial charge >= 0.3 is 0 Å². The number of carbonyl (C=O) groups excluding carboxylic acids is 1. The molecule has 0 bridgehead atoms. The maximum Gasteiger partial charge on any atom is 0.220 e. The highest BCUT2D eigenvalue weighted by Crippen LogP contribution is 2.38. The summed E-state index contributed by atoms with van der Waals surface area (Å²) >= 11 is 0. The third kappa shape index (κ3) is 12.4. The first-order chi connectivity index (χ1) is 15.0. The van der Waals surface area contributed by atoms with Crippen LogP contribution in [0.5, 0.6) is 0 Å². The summed E-state index contributed by atoms with van der Waals surface area (Å²) in [4.78, 5) is 11.7. The highest BCUT2D eigenvalue weighted by Gasteiger charge is 2.40. The number of allylic oxidation sites excluding steroid dienone is 3. The normalized spacial score (nSPS) is 24.1. The van der Waals surface area contributed by atoms with E-state index in [4.69, 9.17) is 9.84 Å². The largest absolute Gasteiger partial charge is 0.396 e. The lowest BCUT2D eigenvalue weighted by Crippen LogP contribution is -2.29. The monoisotopic (exact) mass is 437 g/mol.